The predicted octanol–water partition coefficient (Wildman–Crippen LogP) is 7.59. The number of Topliss-reactive ketones (excluding diaryl/α,β-unsaturated/α-hetero) is 1. The second-order valence-electron chi connectivity index (χ2n) is 9.60. The number of fused-ring (bicyclic) bond motifs is 1. The Hall–Kier alpha value is -5.41. The van der Waals surface area contributed by atoms with Crippen molar-refractivity contribution >= 4 is 51.5 Å². The number of hydrogen-bond donors (Lipinski definition) is 0. The lowest BCUT2D eigenvalue weighted by molar-refractivity contribution is -0.385. The molecule has 5 aromatic carbocycles. The number of rotatable bonds is 9. The predicted molar refractivity (Wildman–Crippen MR) is 165 cm³/mol. The molecule has 0 heterocycles. The van der Waals surface area contributed by atoms with Crippen LogP contribution in [0.4, 0.5) is 5.69 Å². The van der Waals surface area contributed by atoms with Crippen LogP contribution in [0.25, 0.3) is 10.8 Å². The lowest BCUT2D eigenvalue weighted by Crippen LogP contribution is -2.18. The van der Waals surface area contributed by atoms with Crippen LogP contribution in [0.2, 0.25) is 0 Å². The zero-order chi connectivity index (χ0) is 30.5. The molecule has 0 fully saturated rings. The number of nitro groups is 1. The van der Waals surface area contributed by atoms with E-state index in [1.165, 1.54) is 36.9 Å². The van der Waals surface area contributed by atoms with Gasteiger partial charge in [0.15, 0.2) is 11.5 Å². The minimum atomic E-state index is -0.731. The Morgan fingerprint density at radius 3 is 1.98 bits per heavy atom. The van der Waals surface area contributed by atoms with Crippen molar-refractivity contribution in [2.24, 2.45) is 5.16 Å². The number of nitrogens with zero attached hydrogens (tertiary/aromatic N) is 2. The Kier molecular flexibility index (Phi) is 8.54. The maximum Gasteiger partial charge on any atom is 0.332 e. The van der Waals surface area contributed by atoms with Gasteiger partial charge in [-0.2, -0.15) is 0 Å². The van der Waals surface area contributed by atoms with Crippen LogP contribution in [0, 0.1) is 17.0 Å². The first-order valence-electron chi connectivity index (χ1n) is 13.2. The van der Waals surface area contributed by atoms with E-state index in [4.69, 9.17) is 4.84 Å². The van der Waals surface area contributed by atoms with Crippen LogP contribution in [0.15, 0.2) is 124 Å². The summed E-state index contributed by atoms with van der Waals surface area (Å²) in [7, 11) is 0. The molecule has 0 saturated carbocycles. The molecule has 8 nitrogen and oxygen atoms in total. The molecule has 0 aliphatic rings. The molecule has 0 unspecified atom stereocenters. The molecular formula is C34H24N2O6S. The Morgan fingerprint density at radius 2 is 1.35 bits per heavy atom. The average Bonchev–Trinajstić information content (AvgIpc) is 3.01. The SMILES string of the molecule is CC(=O)O/N=C(\C(=O)c1ccc(Sc2ccc(C(=O)c3ccc4ccccc4c3)cc2)cc1)c1cccc([N+](=O)[O-])c1C. The molecule has 212 valence electrons. The minimum absolute atomic E-state index is 0.0598. The van der Waals surface area contributed by atoms with Crippen LogP contribution < -0.4 is 0 Å². The van der Waals surface area contributed by atoms with Crippen molar-refractivity contribution in [3.8, 4) is 0 Å². The van der Waals surface area contributed by atoms with Crippen molar-refractivity contribution in [3.05, 3.63) is 147 Å². The summed E-state index contributed by atoms with van der Waals surface area (Å²) >= 11 is 1.46. The lowest BCUT2D eigenvalue weighted by atomic mass is 9.96. The fourth-order valence-corrected chi connectivity index (χ4v) is 5.34. The topological polar surface area (TPSA) is 116 Å². The summed E-state index contributed by atoms with van der Waals surface area (Å²) in [6, 6.07) is 31.9. The van der Waals surface area contributed by atoms with E-state index in [9.17, 15) is 24.5 Å². The molecule has 0 aliphatic heterocycles. The van der Waals surface area contributed by atoms with Crippen LogP contribution in [-0.4, -0.2) is 28.2 Å². The van der Waals surface area contributed by atoms with Crippen molar-refractivity contribution in [1.29, 1.82) is 0 Å². The molecule has 0 atom stereocenters. The van der Waals surface area contributed by atoms with Crippen molar-refractivity contribution in [1.82, 2.24) is 0 Å². The van der Waals surface area contributed by atoms with E-state index in [0.717, 1.165) is 27.5 Å². The summed E-state index contributed by atoms with van der Waals surface area (Å²) in [6.45, 7) is 2.65. The van der Waals surface area contributed by atoms with E-state index in [-0.39, 0.29) is 33.9 Å². The molecule has 0 N–H and O–H groups in total. The van der Waals surface area contributed by atoms with E-state index in [1.807, 2.05) is 54.6 Å². The quantitative estimate of drug-likeness (QED) is 0.0573. The highest BCUT2D eigenvalue weighted by Gasteiger charge is 2.24. The first-order chi connectivity index (χ1) is 20.7. The number of hydrogen-bond acceptors (Lipinski definition) is 8. The molecule has 0 bridgehead atoms. The highest BCUT2D eigenvalue weighted by Crippen LogP contribution is 2.29. The fourth-order valence-electron chi connectivity index (χ4n) is 4.52. The second kappa shape index (κ2) is 12.6. The monoisotopic (exact) mass is 588 g/mol. The summed E-state index contributed by atoms with van der Waals surface area (Å²) in [5, 5.41) is 17.3. The van der Waals surface area contributed by atoms with Gasteiger partial charge in [0, 0.05) is 50.6 Å². The largest absolute Gasteiger partial charge is 0.332 e. The van der Waals surface area contributed by atoms with Gasteiger partial charge >= 0.3 is 5.97 Å². The molecule has 0 spiro atoms. The van der Waals surface area contributed by atoms with E-state index < -0.39 is 16.7 Å². The molecule has 0 saturated heterocycles. The summed E-state index contributed by atoms with van der Waals surface area (Å²) in [6.07, 6.45) is 0. The van der Waals surface area contributed by atoms with Crippen LogP contribution in [0.3, 0.4) is 0 Å². The number of ketones is 2. The fraction of sp³-hybridized carbons (Fsp3) is 0.0588. The van der Waals surface area contributed by atoms with Gasteiger partial charge in [-0.25, -0.2) is 4.79 Å². The van der Waals surface area contributed by atoms with Crippen LogP contribution in [0.5, 0.6) is 0 Å². The smallest absolute Gasteiger partial charge is 0.318 e. The lowest BCUT2D eigenvalue weighted by Gasteiger charge is -2.10. The third-order valence-corrected chi connectivity index (χ3v) is 7.73. The Balaban J connectivity index is 1.32. The Bertz CT molecular complexity index is 1910. The van der Waals surface area contributed by atoms with Crippen molar-refractivity contribution in [2.45, 2.75) is 23.6 Å². The van der Waals surface area contributed by atoms with Gasteiger partial charge in [-0.3, -0.25) is 19.7 Å². The van der Waals surface area contributed by atoms with Gasteiger partial charge in [-0.05, 0) is 72.3 Å². The summed E-state index contributed by atoms with van der Waals surface area (Å²) < 4.78 is 0. The molecule has 5 aromatic rings. The van der Waals surface area contributed by atoms with E-state index >= 15 is 0 Å². The van der Waals surface area contributed by atoms with Crippen molar-refractivity contribution in [2.75, 3.05) is 0 Å². The van der Waals surface area contributed by atoms with E-state index in [1.54, 1.807) is 36.4 Å². The van der Waals surface area contributed by atoms with Crippen LogP contribution in [0.1, 0.15) is 44.3 Å². The molecule has 0 aliphatic carbocycles. The first-order valence-corrected chi connectivity index (χ1v) is 14.0. The molecular weight excluding hydrogens is 564 g/mol. The number of carbonyl (C=O) groups is 3. The van der Waals surface area contributed by atoms with Gasteiger partial charge in [-0.15, -0.1) is 0 Å². The van der Waals surface area contributed by atoms with Gasteiger partial charge in [0.1, 0.15) is 0 Å². The van der Waals surface area contributed by atoms with Gasteiger partial charge in [-0.1, -0.05) is 65.4 Å². The molecule has 0 aromatic heterocycles. The summed E-state index contributed by atoms with van der Waals surface area (Å²) in [4.78, 5) is 55.3. The zero-order valence-electron chi connectivity index (χ0n) is 23.1. The first kappa shape index (κ1) is 29.1. The van der Waals surface area contributed by atoms with Gasteiger partial charge in [0.05, 0.1) is 4.92 Å². The number of nitro benzene ring substituents is 1. The molecule has 5 rings (SSSR count). The highest BCUT2D eigenvalue weighted by molar-refractivity contribution is 7.99. The molecule has 9 heteroatoms. The minimum Gasteiger partial charge on any atom is -0.318 e. The Labute approximate surface area is 251 Å². The second-order valence-corrected chi connectivity index (χ2v) is 10.7. The number of benzene rings is 5. The highest BCUT2D eigenvalue weighted by atomic mass is 32.2. The number of carbonyl (C=O) groups excluding carboxylic acids is 3. The average molecular weight is 589 g/mol. The third-order valence-electron chi connectivity index (χ3n) is 6.72. The maximum atomic E-state index is 13.4. The normalized spacial score (nSPS) is 11.3. The van der Waals surface area contributed by atoms with E-state index in [0.29, 0.717) is 11.1 Å². The van der Waals surface area contributed by atoms with Crippen molar-refractivity contribution < 1.29 is 24.1 Å². The van der Waals surface area contributed by atoms with Gasteiger partial charge < -0.3 is 4.84 Å². The third kappa shape index (κ3) is 6.58. The molecule has 43 heavy (non-hydrogen) atoms. The van der Waals surface area contributed by atoms with Gasteiger partial charge in [0.25, 0.3) is 5.69 Å². The summed E-state index contributed by atoms with van der Waals surface area (Å²) in [5.41, 5.74) is 1.48. The van der Waals surface area contributed by atoms with Crippen molar-refractivity contribution in [3.63, 3.8) is 0 Å². The maximum absolute atomic E-state index is 13.4. The Morgan fingerprint density at radius 1 is 0.744 bits per heavy atom. The summed E-state index contributed by atoms with van der Waals surface area (Å²) in [5.74, 6) is -1.35. The molecule has 0 radical (unpaired) electrons. The zero-order valence-corrected chi connectivity index (χ0v) is 24.0. The molecule has 0 amide bonds. The van der Waals surface area contributed by atoms with E-state index in [2.05, 4.69) is 5.16 Å². The van der Waals surface area contributed by atoms with Gasteiger partial charge in [0.2, 0.25) is 5.78 Å². The standard InChI is InChI=1S/C34H24N2O6S/c1-21-30(8-5-9-31(21)36(40)41)32(35-42-22(2)37)34(39)25-14-18-29(19-15-25)43-28-16-12-24(13-17-28)33(38)27-11-10-23-6-3-4-7-26(23)20-27/h3-20H,1-2H3/b35-32-. The van der Waals surface area contributed by atoms with Crippen LogP contribution >= 0.6 is 11.8 Å². The number of oxime groups is 1. The van der Waals surface area contributed by atoms with Crippen LogP contribution in [-0.2, 0) is 9.63 Å².